The van der Waals surface area contributed by atoms with E-state index in [4.69, 9.17) is 16.9 Å². The van der Waals surface area contributed by atoms with Gasteiger partial charge in [-0.3, -0.25) is 15.0 Å². The van der Waals surface area contributed by atoms with Gasteiger partial charge in [-0.25, -0.2) is 4.98 Å². The lowest BCUT2D eigenvalue weighted by molar-refractivity contribution is -0.124. The van der Waals surface area contributed by atoms with Crippen LogP contribution < -0.4 is 11.5 Å². The first-order chi connectivity index (χ1) is 12.0. The zero-order valence-electron chi connectivity index (χ0n) is 13.6. The maximum Gasteiger partial charge on any atom is 0.240 e. The Labute approximate surface area is 149 Å². The van der Waals surface area contributed by atoms with Crippen molar-refractivity contribution in [1.82, 2.24) is 9.88 Å². The van der Waals surface area contributed by atoms with Gasteiger partial charge in [0.1, 0.15) is 6.04 Å². The normalized spacial score (nSPS) is 20.6. The van der Waals surface area contributed by atoms with Crippen LogP contribution >= 0.6 is 11.3 Å². The number of aromatic nitrogens is 1. The Hall–Kier alpha value is -2.48. The molecule has 2 heterocycles. The Kier molecular flexibility index (Phi) is 4.98. The van der Waals surface area contributed by atoms with Crippen molar-refractivity contribution in [2.24, 2.45) is 17.4 Å². The number of hydrogen-bond acceptors (Lipinski definition) is 5. The third-order valence-electron chi connectivity index (χ3n) is 4.47. The second-order valence-corrected chi connectivity index (χ2v) is 7.15. The number of benzene rings is 1. The molecule has 3 rings (SSSR count). The number of rotatable bonds is 5. The molecule has 25 heavy (non-hydrogen) atoms. The largest absolute Gasteiger partial charge is 0.370 e. The maximum absolute atomic E-state index is 12.4. The highest BCUT2D eigenvalue weighted by atomic mass is 32.1. The Morgan fingerprint density at radius 2 is 2.12 bits per heavy atom. The highest BCUT2D eigenvalue weighted by Crippen LogP contribution is 2.29. The molecule has 8 heteroatoms. The van der Waals surface area contributed by atoms with Crippen molar-refractivity contribution in [3.05, 3.63) is 35.7 Å². The van der Waals surface area contributed by atoms with Crippen LogP contribution in [0.2, 0.25) is 0 Å². The number of piperidine rings is 1. The molecule has 0 spiro atoms. The molecule has 0 saturated carbocycles. The number of fused-ring (bicyclic) bond motifs is 1. The third kappa shape index (κ3) is 3.63. The van der Waals surface area contributed by atoms with E-state index in [9.17, 15) is 9.59 Å². The predicted molar refractivity (Wildman–Crippen MR) is 97.2 cm³/mol. The van der Waals surface area contributed by atoms with Crippen LogP contribution in [-0.2, 0) is 4.79 Å². The molecule has 5 N–H and O–H groups in total. The molecule has 7 nitrogen and oxygen atoms in total. The number of guanidine groups is 1. The second-order valence-electron chi connectivity index (χ2n) is 6.12. The van der Waals surface area contributed by atoms with Crippen molar-refractivity contribution in [2.75, 3.05) is 6.54 Å². The van der Waals surface area contributed by atoms with Gasteiger partial charge in [-0.05, 0) is 37.3 Å². The van der Waals surface area contributed by atoms with Crippen molar-refractivity contribution in [3.63, 3.8) is 0 Å². The van der Waals surface area contributed by atoms with Crippen molar-refractivity contribution in [2.45, 2.75) is 25.3 Å². The number of carbonyl (C=O) groups is 2. The summed E-state index contributed by atoms with van der Waals surface area (Å²) in [5, 5.41) is 8.07. The molecular weight excluding hydrogens is 338 g/mol. The minimum atomic E-state index is -0.648. The summed E-state index contributed by atoms with van der Waals surface area (Å²) in [7, 11) is 0. The zero-order chi connectivity index (χ0) is 18.0. The number of para-hydroxylation sites is 1. The van der Waals surface area contributed by atoms with Gasteiger partial charge in [0.05, 0.1) is 10.2 Å². The lowest BCUT2D eigenvalue weighted by Gasteiger charge is -2.39. The van der Waals surface area contributed by atoms with Crippen LogP contribution in [0.25, 0.3) is 10.2 Å². The summed E-state index contributed by atoms with van der Waals surface area (Å²) in [6, 6.07) is 6.95. The average Bonchev–Trinajstić information content (AvgIpc) is 3.03. The fourth-order valence-corrected chi connectivity index (χ4v) is 4.20. The molecule has 2 atom stereocenters. The van der Waals surface area contributed by atoms with E-state index in [0.717, 1.165) is 23.1 Å². The van der Waals surface area contributed by atoms with Crippen LogP contribution in [0.5, 0.6) is 0 Å². The highest BCUT2D eigenvalue weighted by molar-refractivity contribution is 7.20. The van der Waals surface area contributed by atoms with Crippen LogP contribution in [-0.4, -0.2) is 40.1 Å². The van der Waals surface area contributed by atoms with Crippen LogP contribution in [0.1, 0.15) is 29.1 Å². The summed E-state index contributed by atoms with van der Waals surface area (Å²) >= 11 is 1.36. The number of Topliss-reactive ketones (excluding diaryl/α,β-unsaturated/α-hetero) is 1. The van der Waals surface area contributed by atoms with E-state index >= 15 is 0 Å². The molecule has 0 bridgehead atoms. The van der Waals surface area contributed by atoms with E-state index in [0.29, 0.717) is 18.0 Å². The Balaban J connectivity index is 1.69. The summed E-state index contributed by atoms with van der Waals surface area (Å²) in [5.74, 6) is -0.954. The first-order valence-electron chi connectivity index (χ1n) is 8.10. The van der Waals surface area contributed by atoms with Gasteiger partial charge >= 0.3 is 0 Å². The predicted octanol–water partition coefficient (Wildman–Crippen LogP) is 1.53. The maximum atomic E-state index is 12.4. The number of primary amides is 1. The number of nitrogens with zero attached hydrogens (tertiary/aromatic N) is 2. The average molecular weight is 358 g/mol. The summed E-state index contributed by atoms with van der Waals surface area (Å²) in [6.07, 6.45) is 3.55. The molecule has 1 fully saturated rings. The Morgan fingerprint density at radius 1 is 1.36 bits per heavy atom. The van der Waals surface area contributed by atoms with Crippen LogP contribution in [0, 0.1) is 17.7 Å². The van der Waals surface area contributed by atoms with Crippen molar-refractivity contribution in [3.8, 4) is 0 Å². The van der Waals surface area contributed by atoms with Gasteiger partial charge in [0.15, 0.2) is 16.8 Å². The first kappa shape index (κ1) is 17.3. The van der Waals surface area contributed by atoms with Gasteiger partial charge < -0.3 is 16.4 Å². The number of ketones is 1. The molecule has 1 aliphatic heterocycles. The van der Waals surface area contributed by atoms with Crippen molar-refractivity contribution >= 4 is 39.2 Å². The monoisotopic (exact) mass is 358 g/mol. The Bertz CT molecular complexity index is 785. The minimum absolute atomic E-state index is 0.131. The number of nitrogens with one attached hydrogen (secondary N) is 1. The molecule has 0 aliphatic carbocycles. The molecule has 1 amide bonds. The number of thiazole rings is 1. The summed E-state index contributed by atoms with van der Waals surface area (Å²) in [4.78, 5) is 30.2. The van der Waals surface area contributed by atoms with E-state index < -0.39 is 11.9 Å². The lowest BCUT2D eigenvalue weighted by Crippen LogP contribution is -2.56. The molecule has 1 saturated heterocycles. The smallest absolute Gasteiger partial charge is 0.240 e. The molecule has 131 valence electrons. The van der Waals surface area contributed by atoms with Gasteiger partial charge in [0, 0.05) is 13.0 Å². The number of amides is 1. The molecule has 2 aromatic rings. The van der Waals surface area contributed by atoms with Gasteiger partial charge in [-0.15, -0.1) is 11.3 Å². The lowest BCUT2D eigenvalue weighted by atomic mass is 9.84. The standard InChI is InChI=1S/C17H20N5O2S/c18-15(24)14-10(4-3-9-22(14)17(19)20)7-8-12(23)16-21-11-5-1-2-6-13(11)25-16/h1-2,5-6,8,10,14H,3-4,7,9H2,(H2,18,24)(H3,19,20). The molecule has 2 unspecified atom stereocenters. The van der Waals surface area contributed by atoms with Gasteiger partial charge in [0.25, 0.3) is 0 Å². The number of likely N-dealkylation sites (tertiary alicyclic amines) is 1. The van der Waals surface area contributed by atoms with E-state index in [1.54, 1.807) is 6.42 Å². The number of hydrogen-bond donors (Lipinski definition) is 3. The quantitative estimate of drug-likeness (QED) is 0.424. The number of carbonyl (C=O) groups excluding carboxylic acids is 2. The molecule has 1 aromatic carbocycles. The van der Waals surface area contributed by atoms with Crippen molar-refractivity contribution in [1.29, 1.82) is 5.41 Å². The second kappa shape index (κ2) is 7.18. The van der Waals surface area contributed by atoms with E-state index in [2.05, 4.69) is 4.98 Å². The van der Waals surface area contributed by atoms with Gasteiger partial charge in [-0.2, -0.15) is 0 Å². The van der Waals surface area contributed by atoms with Crippen LogP contribution in [0.4, 0.5) is 0 Å². The summed E-state index contributed by atoms with van der Waals surface area (Å²) < 4.78 is 0.967. The molecule has 1 aliphatic rings. The van der Waals surface area contributed by atoms with Crippen LogP contribution in [0.15, 0.2) is 24.3 Å². The van der Waals surface area contributed by atoms with Gasteiger partial charge in [0.2, 0.25) is 5.91 Å². The van der Waals surface area contributed by atoms with Crippen molar-refractivity contribution < 1.29 is 9.59 Å². The molecule has 1 aromatic heterocycles. The zero-order valence-corrected chi connectivity index (χ0v) is 14.5. The van der Waals surface area contributed by atoms with E-state index in [-0.39, 0.29) is 17.7 Å². The fraction of sp³-hybridized carbons (Fsp3) is 0.353. The highest BCUT2D eigenvalue weighted by Gasteiger charge is 2.36. The summed E-state index contributed by atoms with van der Waals surface area (Å²) in [5.41, 5.74) is 11.9. The number of nitrogens with two attached hydrogens (primary N) is 2. The topological polar surface area (TPSA) is 126 Å². The SMILES string of the molecule is N=C(N)N1CCCC(C[CH]C(=O)c2nc3ccccc3s2)C1C(N)=O. The van der Waals surface area contributed by atoms with Gasteiger partial charge in [-0.1, -0.05) is 12.1 Å². The molecular formula is C17H20N5O2S. The van der Waals surface area contributed by atoms with Crippen LogP contribution in [0.3, 0.4) is 0 Å². The van der Waals surface area contributed by atoms with E-state index in [1.807, 2.05) is 24.3 Å². The Morgan fingerprint density at radius 3 is 2.80 bits per heavy atom. The van der Waals surface area contributed by atoms with E-state index in [1.165, 1.54) is 16.2 Å². The molecule has 1 radical (unpaired) electrons. The summed E-state index contributed by atoms with van der Waals surface area (Å²) in [6.45, 7) is 0.533. The minimum Gasteiger partial charge on any atom is -0.370 e. The third-order valence-corrected chi connectivity index (χ3v) is 5.52. The fourth-order valence-electron chi connectivity index (χ4n) is 3.30. The first-order valence-corrected chi connectivity index (χ1v) is 8.92.